The second-order valence-corrected chi connectivity index (χ2v) is 9.51. The number of amides is 1. The van der Waals surface area contributed by atoms with Gasteiger partial charge in [0, 0.05) is 21.2 Å². The first-order valence-electron chi connectivity index (χ1n) is 11.1. The Morgan fingerprint density at radius 1 is 0.972 bits per heavy atom. The van der Waals surface area contributed by atoms with E-state index in [1.54, 1.807) is 41.9 Å². The lowest BCUT2D eigenvalue weighted by Crippen LogP contribution is -2.41. The van der Waals surface area contributed by atoms with Crippen molar-refractivity contribution >= 4 is 46.7 Å². The van der Waals surface area contributed by atoms with Crippen LogP contribution >= 0.6 is 34.8 Å². The Balaban J connectivity index is 1.70. The fourth-order valence-electron chi connectivity index (χ4n) is 3.93. The van der Waals surface area contributed by atoms with Crippen molar-refractivity contribution in [1.29, 1.82) is 0 Å². The number of carbonyl (C=O) groups is 2. The number of halogens is 3. The molecular weight excluding hydrogens is 521 g/mol. The molecule has 4 aromatic rings. The largest absolute Gasteiger partial charge is 0.480 e. The van der Waals surface area contributed by atoms with Gasteiger partial charge in [-0.3, -0.25) is 4.79 Å². The van der Waals surface area contributed by atoms with E-state index in [-0.39, 0.29) is 12.1 Å². The number of hydrogen-bond donors (Lipinski definition) is 2. The van der Waals surface area contributed by atoms with E-state index in [1.165, 1.54) is 0 Å². The van der Waals surface area contributed by atoms with Gasteiger partial charge in [0.05, 0.1) is 16.4 Å². The van der Waals surface area contributed by atoms with Crippen molar-refractivity contribution in [2.45, 2.75) is 25.8 Å². The third kappa shape index (κ3) is 5.73. The second kappa shape index (κ2) is 11.2. The third-order valence-corrected chi connectivity index (χ3v) is 6.55. The Kier molecular flexibility index (Phi) is 7.99. The maximum atomic E-state index is 13.3. The summed E-state index contributed by atoms with van der Waals surface area (Å²) in [5.74, 6) is -1.71. The number of aliphatic carboxylic acids is 1. The molecule has 0 saturated carbocycles. The first-order chi connectivity index (χ1) is 17.2. The molecule has 0 saturated heterocycles. The van der Waals surface area contributed by atoms with Crippen LogP contribution < -0.4 is 5.32 Å². The molecule has 1 atom stereocenters. The quantitative estimate of drug-likeness (QED) is 0.262. The minimum absolute atomic E-state index is 0.0944. The van der Waals surface area contributed by atoms with Gasteiger partial charge in [-0.15, -0.1) is 0 Å². The number of carbonyl (C=O) groups excluding carboxylic acids is 1. The molecule has 0 unspecified atom stereocenters. The molecule has 184 valence electrons. The molecule has 0 bridgehead atoms. The van der Waals surface area contributed by atoms with Gasteiger partial charge >= 0.3 is 5.97 Å². The molecule has 0 aliphatic carbocycles. The summed E-state index contributed by atoms with van der Waals surface area (Å²) < 4.78 is 1.56. The molecule has 1 aromatic heterocycles. The molecule has 0 fully saturated rings. The Labute approximate surface area is 223 Å². The summed E-state index contributed by atoms with van der Waals surface area (Å²) in [6.45, 7) is 1.76. The van der Waals surface area contributed by atoms with Gasteiger partial charge in [0.25, 0.3) is 5.91 Å². The summed E-state index contributed by atoms with van der Waals surface area (Å²) in [5, 5.41) is 18.3. The Morgan fingerprint density at radius 2 is 1.64 bits per heavy atom. The predicted molar refractivity (Wildman–Crippen MR) is 142 cm³/mol. The van der Waals surface area contributed by atoms with Crippen LogP contribution in [0.25, 0.3) is 16.9 Å². The zero-order valence-corrected chi connectivity index (χ0v) is 21.5. The zero-order chi connectivity index (χ0) is 25.8. The number of aromatic nitrogens is 2. The van der Waals surface area contributed by atoms with Crippen LogP contribution in [-0.4, -0.2) is 32.8 Å². The number of hydrogen-bond acceptors (Lipinski definition) is 3. The molecular formula is C27H22Cl3N3O3. The molecule has 4 rings (SSSR count). The van der Waals surface area contributed by atoms with Crippen molar-refractivity contribution < 1.29 is 14.7 Å². The Morgan fingerprint density at radius 3 is 2.28 bits per heavy atom. The molecule has 1 heterocycles. The topological polar surface area (TPSA) is 84.2 Å². The van der Waals surface area contributed by atoms with Gasteiger partial charge in [-0.2, -0.15) is 5.10 Å². The number of benzene rings is 3. The molecule has 3 aromatic carbocycles. The van der Waals surface area contributed by atoms with E-state index in [9.17, 15) is 14.7 Å². The van der Waals surface area contributed by atoms with Gasteiger partial charge in [0.15, 0.2) is 5.69 Å². The molecule has 6 nitrogen and oxygen atoms in total. The number of nitrogens with one attached hydrogen (secondary N) is 1. The van der Waals surface area contributed by atoms with Crippen molar-refractivity contribution in [2.24, 2.45) is 0 Å². The highest BCUT2D eigenvalue weighted by molar-refractivity contribution is 6.35. The SMILES string of the molecule is Cc1c(C(=O)N[C@@H](CCc2ccccc2)C(=O)O)nn(-c2ccc(Cl)cc2Cl)c1-c1ccc(Cl)cc1. The summed E-state index contributed by atoms with van der Waals surface area (Å²) in [5.41, 5.74) is 3.54. The first-order valence-corrected chi connectivity index (χ1v) is 12.3. The summed E-state index contributed by atoms with van der Waals surface area (Å²) in [6.07, 6.45) is 0.736. The molecule has 0 radical (unpaired) electrons. The fraction of sp³-hybridized carbons (Fsp3) is 0.148. The summed E-state index contributed by atoms with van der Waals surface area (Å²) in [7, 11) is 0. The van der Waals surface area contributed by atoms with Crippen LogP contribution in [0.4, 0.5) is 0 Å². The van der Waals surface area contributed by atoms with Crippen LogP contribution in [0.2, 0.25) is 15.1 Å². The number of carboxylic acids is 1. The predicted octanol–water partition coefficient (Wildman–Crippen LogP) is 6.62. The van der Waals surface area contributed by atoms with E-state index < -0.39 is 17.9 Å². The van der Waals surface area contributed by atoms with Crippen LogP contribution in [0.15, 0.2) is 72.8 Å². The van der Waals surface area contributed by atoms with Crippen LogP contribution in [0.5, 0.6) is 0 Å². The highest BCUT2D eigenvalue weighted by Crippen LogP contribution is 2.33. The van der Waals surface area contributed by atoms with E-state index in [1.807, 2.05) is 42.5 Å². The Bertz CT molecular complexity index is 1400. The van der Waals surface area contributed by atoms with E-state index in [4.69, 9.17) is 34.8 Å². The number of nitrogens with zero attached hydrogens (tertiary/aromatic N) is 2. The van der Waals surface area contributed by atoms with E-state index in [0.717, 1.165) is 11.1 Å². The lowest BCUT2D eigenvalue weighted by molar-refractivity contribution is -0.139. The van der Waals surface area contributed by atoms with Gasteiger partial charge in [0.2, 0.25) is 0 Å². The van der Waals surface area contributed by atoms with Gasteiger partial charge in [-0.05, 0) is 55.7 Å². The second-order valence-electron chi connectivity index (χ2n) is 8.23. The van der Waals surface area contributed by atoms with Crippen molar-refractivity contribution in [1.82, 2.24) is 15.1 Å². The van der Waals surface area contributed by atoms with Gasteiger partial charge in [-0.25, -0.2) is 9.48 Å². The Hall–Kier alpha value is -3.32. The smallest absolute Gasteiger partial charge is 0.326 e. The maximum Gasteiger partial charge on any atom is 0.326 e. The van der Waals surface area contributed by atoms with Crippen molar-refractivity contribution in [3.05, 3.63) is 105 Å². The van der Waals surface area contributed by atoms with Crippen molar-refractivity contribution in [2.75, 3.05) is 0 Å². The molecule has 36 heavy (non-hydrogen) atoms. The van der Waals surface area contributed by atoms with E-state index in [2.05, 4.69) is 10.4 Å². The zero-order valence-electron chi connectivity index (χ0n) is 19.2. The highest BCUT2D eigenvalue weighted by atomic mass is 35.5. The molecule has 0 spiro atoms. The highest BCUT2D eigenvalue weighted by Gasteiger charge is 2.27. The third-order valence-electron chi connectivity index (χ3n) is 5.76. The summed E-state index contributed by atoms with van der Waals surface area (Å²) >= 11 is 18.6. The standard InChI is InChI=1S/C27H22Cl3N3O3/c1-16-24(26(34)31-22(27(35)36)13-7-17-5-3-2-4-6-17)32-33(23-14-12-20(29)15-21(23)30)25(16)18-8-10-19(28)11-9-18/h2-6,8-12,14-15,22H,7,13H2,1H3,(H,31,34)(H,35,36)/t22-/m0/s1. The van der Waals surface area contributed by atoms with Gasteiger partial charge in [-0.1, -0.05) is 77.3 Å². The molecule has 2 N–H and O–H groups in total. The monoisotopic (exact) mass is 541 g/mol. The van der Waals surface area contributed by atoms with Crippen molar-refractivity contribution in [3.8, 4) is 16.9 Å². The maximum absolute atomic E-state index is 13.3. The van der Waals surface area contributed by atoms with Gasteiger partial charge < -0.3 is 10.4 Å². The average molecular weight is 543 g/mol. The van der Waals surface area contributed by atoms with Crippen molar-refractivity contribution in [3.63, 3.8) is 0 Å². The molecule has 0 aliphatic heterocycles. The van der Waals surface area contributed by atoms with Crippen LogP contribution in [0.1, 0.15) is 28.0 Å². The van der Waals surface area contributed by atoms with Crippen LogP contribution in [0, 0.1) is 6.92 Å². The summed E-state index contributed by atoms with van der Waals surface area (Å²) in [4.78, 5) is 25.2. The summed E-state index contributed by atoms with van der Waals surface area (Å²) in [6, 6.07) is 20.5. The molecule has 1 amide bonds. The fourth-order valence-corrected chi connectivity index (χ4v) is 4.54. The lowest BCUT2D eigenvalue weighted by Gasteiger charge is -2.14. The number of rotatable bonds is 8. The van der Waals surface area contributed by atoms with Crippen LogP contribution in [0.3, 0.4) is 0 Å². The van der Waals surface area contributed by atoms with E-state index >= 15 is 0 Å². The minimum Gasteiger partial charge on any atom is -0.480 e. The first kappa shape index (κ1) is 25.8. The normalized spacial score (nSPS) is 11.8. The number of carboxylic acid groups (broad SMARTS) is 1. The molecule has 9 heteroatoms. The van der Waals surface area contributed by atoms with E-state index in [0.29, 0.717) is 38.4 Å². The van der Waals surface area contributed by atoms with Crippen LogP contribution in [-0.2, 0) is 11.2 Å². The average Bonchev–Trinajstić information content (AvgIpc) is 3.19. The van der Waals surface area contributed by atoms with Gasteiger partial charge in [0.1, 0.15) is 6.04 Å². The number of aryl methyl sites for hydroxylation is 1. The minimum atomic E-state index is -1.12. The molecule has 0 aliphatic rings. The lowest BCUT2D eigenvalue weighted by atomic mass is 10.0.